The normalized spacial score (nSPS) is 12.3. The Labute approximate surface area is 675 Å². The number of hydrogen-bond acceptors (Lipinski definition) is 22. The third-order valence-corrected chi connectivity index (χ3v) is 20.4. The zero-order valence-electron chi connectivity index (χ0n) is 61.5. The van der Waals surface area contributed by atoms with Crippen LogP contribution in [0.2, 0.25) is 15.2 Å². The van der Waals surface area contributed by atoms with Crippen molar-refractivity contribution in [1.29, 1.82) is 21.0 Å². The van der Waals surface area contributed by atoms with E-state index in [-0.39, 0.29) is 47.5 Å². The molecular weight excluding hydrogens is 1540 g/mol. The number of hydrogen-bond donors (Lipinski definition) is 1. The van der Waals surface area contributed by atoms with Crippen molar-refractivity contribution in [3.05, 3.63) is 233 Å². The Morgan fingerprint density at radius 2 is 0.789 bits per heavy atom. The molecule has 548 valence electrons. The number of pyridine rings is 8. The van der Waals surface area contributed by atoms with Crippen LogP contribution in [0.4, 0.5) is 0 Å². The molecule has 0 aliphatic carbocycles. The zero-order chi connectivity index (χ0) is 78.0. The molecule has 12 aromatic rings. The van der Waals surface area contributed by atoms with Crippen LogP contribution in [0.1, 0.15) is 91.5 Å². The Balaban J connectivity index is 0.000000210. The molecule has 0 unspecified atom stereocenters. The predicted molar refractivity (Wildman–Crippen MR) is 427 cm³/mol. The summed E-state index contributed by atoms with van der Waals surface area (Å²) in [6.07, 6.45) is 19.6. The van der Waals surface area contributed by atoms with Gasteiger partial charge < -0.3 is 29.4 Å². The molecule has 0 spiro atoms. The van der Waals surface area contributed by atoms with Gasteiger partial charge >= 0.3 is 43.9 Å². The average molecular weight is 1610 g/mol. The van der Waals surface area contributed by atoms with E-state index in [1.165, 1.54) is 43.9 Å². The van der Waals surface area contributed by atoms with Crippen LogP contribution < -0.4 is 24.3 Å². The quantitative estimate of drug-likeness (QED) is 0.0413. The summed E-state index contributed by atoms with van der Waals surface area (Å²) in [6, 6.07) is 46.0. The molecule has 0 saturated carbocycles. The van der Waals surface area contributed by atoms with Crippen LogP contribution in [-0.2, 0) is 33.2 Å². The van der Waals surface area contributed by atoms with Crippen LogP contribution in [0.5, 0.6) is 0 Å². The number of halogens is 4. The maximum Gasteiger partial charge on any atom is 1.00 e. The van der Waals surface area contributed by atoms with Gasteiger partial charge in [-0.25, -0.2) is 4.98 Å². The summed E-state index contributed by atoms with van der Waals surface area (Å²) in [5.41, 5.74) is 6.72. The first kappa shape index (κ1) is 88.0. The third kappa shape index (κ3) is 21.5. The number of esters is 2. The summed E-state index contributed by atoms with van der Waals surface area (Å²) in [5.74, 6) is -1.45. The van der Waals surface area contributed by atoms with E-state index in [4.69, 9.17) is 59.4 Å². The van der Waals surface area contributed by atoms with Crippen molar-refractivity contribution >= 4 is 148 Å². The molecule has 109 heavy (non-hydrogen) atoms. The number of aromatic nitrogens is 8. The molecule has 21 nitrogen and oxygen atoms in total. The van der Waals surface area contributed by atoms with Crippen molar-refractivity contribution in [3.63, 3.8) is 0 Å². The molecule has 0 bridgehead atoms. The Bertz CT molecular complexity index is 5470. The molecule has 0 atom stereocenters. The van der Waals surface area contributed by atoms with Crippen LogP contribution in [0, 0.1) is 45.3 Å². The minimum absolute atomic E-state index is 0. The third-order valence-electron chi connectivity index (χ3n) is 16.6. The van der Waals surface area contributed by atoms with Gasteiger partial charge in [-0.3, -0.25) is 49.3 Å². The molecule has 13 rings (SSSR count). The fourth-order valence-electron chi connectivity index (χ4n) is 10.2. The summed E-state index contributed by atoms with van der Waals surface area (Å²) in [4.78, 5) is 69.6. The van der Waals surface area contributed by atoms with Crippen LogP contribution in [0.15, 0.2) is 205 Å². The monoisotopic (exact) mass is 1610 g/mol. The van der Waals surface area contributed by atoms with Gasteiger partial charge in [-0.15, -0.1) is 23.5 Å². The molecule has 1 fully saturated rings. The van der Waals surface area contributed by atoms with E-state index in [0.29, 0.717) is 43.1 Å². The van der Waals surface area contributed by atoms with E-state index in [9.17, 15) is 30.0 Å². The Kier molecular flexibility index (Phi) is 31.4. The molecule has 2 N–H and O–H groups in total. The maximum atomic E-state index is 12.1. The summed E-state index contributed by atoms with van der Waals surface area (Å²) in [6.45, 7) is 18.5. The van der Waals surface area contributed by atoms with Crippen molar-refractivity contribution in [2.24, 2.45) is 0 Å². The van der Waals surface area contributed by atoms with Crippen molar-refractivity contribution in [3.8, 4) is 58.0 Å². The van der Waals surface area contributed by atoms with Crippen LogP contribution >= 0.6 is 74.3 Å². The van der Waals surface area contributed by atoms with Gasteiger partial charge in [-0.1, -0.05) is 148 Å². The van der Waals surface area contributed by atoms with Crippen molar-refractivity contribution in [2.45, 2.75) is 104 Å². The standard InChI is InChI=1S/C20H17N3O2S.C19H15N3O2S.C15H8ClN3.C11H15BClNO2.C10H5ClN2.C5H9BrO2.Li.H2O/c1-20(2,19(24)25-3)26-17-8-9-22-12-16(17)18-15-7-5-4-6-14(15)13(10-21)11-23-18;1-19(2,18(23)24)25-16-7-8-21-11-15(16)17-14-6-4-3-5-13(14)12(9-20)10-22-17;16-14-5-6-18-9-13(14)15-12-4-2-1-3-11(12)10(7-17)8-19-15;1-10(2)11(3,4)16-12(15-10)8-7-14-6-5-9(8)13;11-10-9-4-2-1-3-8(9)7(5-12)6-13-10;1-5(2,6)4(7)8-3;;/h4-9,11-12H,1-3H3;3-8,10-11H,1-2H3,(H,23,24);1-6,8-9H;5-7H,1-4H3;1-4,6H;1-3H3;;1H2/q;;;;;;+1;/p-1. The first-order chi connectivity index (χ1) is 50.9. The Morgan fingerprint density at radius 3 is 1.14 bits per heavy atom. The number of carbonyl (C=O) groups is 3. The number of thioether (sulfide) groups is 2. The molecule has 0 amide bonds. The molecule has 1 aliphatic heterocycles. The first-order valence-electron chi connectivity index (χ1n) is 32.5. The second kappa shape index (κ2) is 38.9. The molecule has 4 aromatic carbocycles. The largest absolute Gasteiger partial charge is 1.00 e. The second-order valence-corrected chi connectivity index (χ2v) is 32.2. The number of alkyl halides is 1. The van der Waals surface area contributed by atoms with Gasteiger partial charge in [-0.05, 0) is 93.5 Å². The number of aliphatic carboxylic acids is 1. The van der Waals surface area contributed by atoms with Crippen LogP contribution in [0.25, 0.3) is 76.9 Å². The summed E-state index contributed by atoms with van der Waals surface area (Å²) >= 11 is 23.9. The van der Waals surface area contributed by atoms with E-state index in [0.717, 1.165) is 86.4 Å². The molecule has 0 radical (unpaired) electrons. The van der Waals surface area contributed by atoms with Crippen LogP contribution in [0.3, 0.4) is 0 Å². The van der Waals surface area contributed by atoms with Gasteiger partial charge in [0.15, 0.2) is 0 Å². The van der Waals surface area contributed by atoms with Gasteiger partial charge in [0.2, 0.25) is 0 Å². The van der Waals surface area contributed by atoms with Crippen molar-refractivity contribution in [2.75, 3.05) is 14.2 Å². The topological polar surface area (TPSA) is 337 Å². The number of benzene rings is 4. The second-order valence-electron chi connectivity index (χ2n) is 25.7. The number of ether oxygens (including phenoxy) is 2. The van der Waals surface area contributed by atoms with Gasteiger partial charge in [0.25, 0.3) is 0 Å². The number of carbonyl (C=O) groups excluding carboxylic acids is 2. The van der Waals surface area contributed by atoms with E-state index in [1.54, 1.807) is 114 Å². The van der Waals surface area contributed by atoms with E-state index < -0.39 is 26.9 Å². The van der Waals surface area contributed by atoms with Crippen molar-refractivity contribution < 1.29 is 62.6 Å². The van der Waals surface area contributed by atoms with E-state index in [1.807, 2.05) is 145 Å². The van der Waals surface area contributed by atoms with Crippen LogP contribution in [-0.4, -0.2) is 115 Å². The predicted octanol–water partition coefficient (Wildman–Crippen LogP) is 15.1. The number of methoxy groups -OCH3 is 2. The smallest absolute Gasteiger partial charge is 0.870 e. The van der Waals surface area contributed by atoms with Gasteiger partial charge in [0, 0.05) is 154 Å². The fraction of sp³-hybridized carbons (Fsp3) is 0.212. The number of nitrogens with zero attached hydrogens (tertiary/aromatic N) is 12. The van der Waals surface area contributed by atoms with Gasteiger partial charge in [-0.2, -0.15) is 21.0 Å². The average Bonchev–Trinajstić information content (AvgIpc) is 1.74. The minimum Gasteiger partial charge on any atom is -0.870 e. The first-order valence-corrected chi connectivity index (χ1v) is 36.1. The molecular formula is C80H70BBrCl3LiN12O9S2. The fourth-order valence-corrected chi connectivity index (χ4v) is 13.1. The van der Waals surface area contributed by atoms with E-state index in [2.05, 4.69) is 84.8 Å². The maximum absolute atomic E-state index is 12.1. The number of nitriles is 4. The minimum atomic E-state index is -0.988. The summed E-state index contributed by atoms with van der Waals surface area (Å²) in [5, 5.41) is 54.4. The summed E-state index contributed by atoms with van der Waals surface area (Å²) in [7, 11) is 2.31. The van der Waals surface area contributed by atoms with Crippen molar-refractivity contribution in [1.82, 2.24) is 39.9 Å². The SMILES string of the molecule is CC(C)(Sc1ccncc1-c1ncc(C#N)c2ccccc12)C(=O)O.CC1(C)OB(c2cnccc2Cl)OC1(C)C.COC(=O)C(C)(C)Br.COC(=O)C(C)(C)Sc1ccncc1-c1ncc(C#N)c2ccccc12.N#Cc1cnc(-c2cnccc2Cl)c2ccccc12.N#Cc1cnc(Cl)c2ccccc12.[Li+].[OH-]. The Hall–Kier alpha value is -9.92. The molecule has 8 aromatic heterocycles. The number of fused-ring (bicyclic) bond motifs is 4. The molecule has 29 heteroatoms. The summed E-state index contributed by atoms with van der Waals surface area (Å²) < 4.78 is 18.8. The number of carboxylic acids is 1. The number of carboxylic acid groups (broad SMARTS) is 1. The number of rotatable bonds is 11. The zero-order valence-corrected chi connectivity index (χ0v) is 67.0. The van der Waals surface area contributed by atoms with Gasteiger partial charge in [0.05, 0.1) is 69.8 Å². The van der Waals surface area contributed by atoms with Gasteiger partial charge in [0.1, 0.15) is 43.2 Å². The Morgan fingerprint density at radius 1 is 0.468 bits per heavy atom. The van der Waals surface area contributed by atoms with E-state index >= 15 is 0 Å². The molecule has 1 aliphatic rings. The molecule has 1 saturated heterocycles. The molecule has 9 heterocycles.